The molecule has 0 aromatic carbocycles. The van der Waals surface area contributed by atoms with Crippen molar-refractivity contribution in [2.45, 2.75) is 69.5 Å². The highest BCUT2D eigenvalue weighted by Crippen LogP contribution is 2.63. The van der Waals surface area contributed by atoms with Gasteiger partial charge in [0.05, 0.1) is 11.2 Å². The van der Waals surface area contributed by atoms with Crippen molar-refractivity contribution in [3.8, 4) is 0 Å². The van der Waals surface area contributed by atoms with Crippen LogP contribution >= 0.6 is 0 Å². The van der Waals surface area contributed by atoms with Crippen LogP contribution < -0.4 is 0 Å². The fourth-order valence-corrected chi connectivity index (χ4v) is 4.71. The van der Waals surface area contributed by atoms with E-state index in [1.165, 1.54) is 25.7 Å². The highest BCUT2D eigenvalue weighted by Gasteiger charge is 2.61. The van der Waals surface area contributed by atoms with Crippen LogP contribution in [-0.2, 0) is 0 Å². The molecule has 0 aromatic rings. The van der Waals surface area contributed by atoms with Crippen molar-refractivity contribution in [2.24, 2.45) is 11.3 Å². The van der Waals surface area contributed by atoms with E-state index in [9.17, 15) is 10.2 Å². The van der Waals surface area contributed by atoms with E-state index in [-0.39, 0.29) is 0 Å². The summed E-state index contributed by atoms with van der Waals surface area (Å²) in [7, 11) is 0. The number of hydrogen-bond acceptors (Lipinski definition) is 2. The van der Waals surface area contributed by atoms with Crippen molar-refractivity contribution in [1.29, 1.82) is 0 Å². The van der Waals surface area contributed by atoms with Crippen molar-refractivity contribution in [3.05, 3.63) is 0 Å². The molecule has 1 spiro atoms. The van der Waals surface area contributed by atoms with E-state index < -0.39 is 11.2 Å². The highest BCUT2D eigenvalue weighted by molar-refractivity contribution is 5.13. The summed E-state index contributed by atoms with van der Waals surface area (Å²) in [5.41, 5.74) is -1.23. The van der Waals surface area contributed by atoms with Crippen LogP contribution in [0.2, 0.25) is 0 Å². The fourth-order valence-electron chi connectivity index (χ4n) is 4.71. The maximum atomic E-state index is 10.6. The topological polar surface area (TPSA) is 40.5 Å². The Balaban J connectivity index is 2.00. The molecular formula is C13H22O2. The fraction of sp³-hybridized carbons (Fsp3) is 1.00. The molecule has 0 saturated heterocycles. The molecule has 4 atom stereocenters. The van der Waals surface area contributed by atoms with E-state index in [4.69, 9.17) is 0 Å². The molecule has 0 unspecified atom stereocenters. The SMILES string of the molecule is C[C@@]1(O)C[C@H]2CCC[C@@]23CCC[C@]1(O)C3. The standard InChI is InChI=1S/C13H22O2/c1-11(14)8-10-4-2-5-12(10)6-3-7-13(11,15)9-12/h10,14-15H,2-9H2,1H3/t10-,11-,12+,13+/m1/s1. The predicted octanol–water partition coefficient (Wildman–Crippen LogP) is 2.23. The van der Waals surface area contributed by atoms with Crippen LogP contribution in [0.5, 0.6) is 0 Å². The molecule has 15 heavy (non-hydrogen) atoms. The lowest BCUT2D eigenvalue weighted by molar-refractivity contribution is -0.225. The first-order valence-electron chi connectivity index (χ1n) is 6.42. The number of aliphatic hydroxyl groups is 2. The van der Waals surface area contributed by atoms with Gasteiger partial charge in [-0.05, 0) is 63.2 Å². The lowest BCUT2D eigenvalue weighted by Gasteiger charge is -2.58. The lowest BCUT2D eigenvalue weighted by Crippen LogP contribution is -2.62. The molecule has 3 rings (SSSR count). The monoisotopic (exact) mass is 210 g/mol. The van der Waals surface area contributed by atoms with Crippen molar-refractivity contribution in [1.82, 2.24) is 0 Å². The van der Waals surface area contributed by atoms with Gasteiger partial charge < -0.3 is 10.2 Å². The van der Waals surface area contributed by atoms with Gasteiger partial charge in [0.1, 0.15) is 0 Å². The molecule has 0 amide bonds. The summed E-state index contributed by atoms with van der Waals surface area (Å²) in [5.74, 6) is 0.674. The van der Waals surface area contributed by atoms with Gasteiger partial charge in [-0.25, -0.2) is 0 Å². The average Bonchev–Trinajstić information content (AvgIpc) is 2.47. The second-order valence-electron chi connectivity index (χ2n) is 6.49. The predicted molar refractivity (Wildman–Crippen MR) is 58.4 cm³/mol. The Morgan fingerprint density at radius 2 is 1.80 bits per heavy atom. The quantitative estimate of drug-likeness (QED) is 0.643. The van der Waals surface area contributed by atoms with Crippen LogP contribution in [0, 0.1) is 11.3 Å². The molecule has 3 saturated carbocycles. The third kappa shape index (κ3) is 1.18. The Hall–Kier alpha value is -0.0800. The van der Waals surface area contributed by atoms with Gasteiger partial charge in [0.15, 0.2) is 0 Å². The van der Waals surface area contributed by atoms with Crippen LogP contribution in [0.4, 0.5) is 0 Å². The first-order valence-corrected chi connectivity index (χ1v) is 6.42. The maximum Gasteiger partial charge on any atom is 0.0936 e. The maximum absolute atomic E-state index is 10.6. The zero-order valence-corrected chi connectivity index (χ0v) is 9.63. The van der Waals surface area contributed by atoms with Crippen molar-refractivity contribution in [2.75, 3.05) is 0 Å². The van der Waals surface area contributed by atoms with E-state index in [2.05, 4.69) is 0 Å². The molecule has 0 heterocycles. The molecule has 0 aromatic heterocycles. The second kappa shape index (κ2) is 2.78. The Labute approximate surface area is 91.7 Å². The summed E-state index contributed by atoms with van der Waals surface area (Å²) in [4.78, 5) is 0. The molecule has 0 radical (unpaired) electrons. The lowest BCUT2D eigenvalue weighted by atomic mass is 9.51. The second-order valence-corrected chi connectivity index (χ2v) is 6.49. The molecule has 3 aliphatic carbocycles. The zero-order valence-electron chi connectivity index (χ0n) is 9.63. The zero-order chi connectivity index (χ0) is 10.7. The van der Waals surface area contributed by atoms with Crippen LogP contribution in [0.3, 0.4) is 0 Å². The third-order valence-electron chi connectivity index (χ3n) is 5.65. The van der Waals surface area contributed by atoms with Crippen molar-refractivity contribution in [3.63, 3.8) is 0 Å². The molecule has 86 valence electrons. The Bertz CT molecular complexity index is 282. The van der Waals surface area contributed by atoms with Gasteiger partial charge in [0.2, 0.25) is 0 Å². The third-order valence-corrected chi connectivity index (χ3v) is 5.65. The minimum atomic E-state index is -0.841. The summed E-state index contributed by atoms with van der Waals surface area (Å²) in [5, 5.41) is 21.1. The summed E-state index contributed by atoms with van der Waals surface area (Å²) in [6.45, 7) is 1.85. The van der Waals surface area contributed by atoms with Gasteiger partial charge in [-0.2, -0.15) is 0 Å². The largest absolute Gasteiger partial charge is 0.387 e. The van der Waals surface area contributed by atoms with Crippen molar-refractivity contribution >= 4 is 0 Å². The Morgan fingerprint density at radius 3 is 2.60 bits per heavy atom. The van der Waals surface area contributed by atoms with Crippen LogP contribution in [0.15, 0.2) is 0 Å². The number of fused-ring (bicyclic) bond motifs is 1. The van der Waals surface area contributed by atoms with E-state index in [1.54, 1.807) is 0 Å². The van der Waals surface area contributed by atoms with Gasteiger partial charge in [0.25, 0.3) is 0 Å². The van der Waals surface area contributed by atoms with Crippen LogP contribution in [-0.4, -0.2) is 21.4 Å². The van der Waals surface area contributed by atoms with E-state index in [1.807, 2.05) is 6.92 Å². The molecular weight excluding hydrogens is 188 g/mol. The van der Waals surface area contributed by atoms with Gasteiger partial charge in [-0.1, -0.05) is 6.42 Å². The molecule has 2 bridgehead atoms. The minimum absolute atomic E-state index is 0.398. The van der Waals surface area contributed by atoms with E-state index in [0.29, 0.717) is 11.3 Å². The summed E-state index contributed by atoms with van der Waals surface area (Å²) in [6, 6.07) is 0. The van der Waals surface area contributed by atoms with E-state index >= 15 is 0 Å². The summed E-state index contributed by atoms with van der Waals surface area (Å²) < 4.78 is 0. The van der Waals surface area contributed by atoms with Crippen molar-refractivity contribution < 1.29 is 10.2 Å². The minimum Gasteiger partial charge on any atom is -0.387 e. The Kier molecular flexibility index (Phi) is 1.87. The molecule has 2 nitrogen and oxygen atoms in total. The molecule has 3 fully saturated rings. The highest BCUT2D eigenvalue weighted by atomic mass is 16.4. The molecule has 0 aliphatic heterocycles. The first-order chi connectivity index (χ1) is 6.98. The number of rotatable bonds is 0. The van der Waals surface area contributed by atoms with Crippen LogP contribution in [0.1, 0.15) is 58.3 Å². The van der Waals surface area contributed by atoms with Gasteiger partial charge in [-0.3, -0.25) is 0 Å². The van der Waals surface area contributed by atoms with Crippen LogP contribution in [0.25, 0.3) is 0 Å². The van der Waals surface area contributed by atoms with Gasteiger partial charge >= 0.3 is 0 Å². The molecule has 2 heteroatoms. The Morgan fingerprint density at radius 1 is 1.07 bits per heavy atom. The summed E-state index contributed by atoms with van der Waals surface area (Å²) in [6.07, 6.45) is 8.73. The smallest absolute Gasteiger partial charge is 0.0936 e. The molecule has 3 aliphatic rings. The van der Waals surface area contributed by atoms with Gasteiger partial charge in [-0.15, -0.1) is 0 Å². The molecule has 2 N–H and O–H groups in total. The summed E-state index contributed by atoms with van der Waals surface area (Å²) >= 11 is 0. The van der Waals surface area contributed by atoms with Gasteiger partial charge in [0, 0.05) is 0 Å². The normalized spacial score (nSPS) is 59.0. The number of hydrogen-bond donors (Lipinski definition) is 2. The average molecular weight is 210 g/mol. The first kappa shape index (κ1) is 10.1. The van der Waals surface area contributed by atoms with E-state index in [0.717, 1.165) is 25.7 Å².